The third-order valence-electron chi connectivity index (χ3n) is 3.57. The first-order chi connectivity index (χ1) is 8.13. The second-order valence-corrected chi connectivity index (χ2v) is 4.99. The van der Waals surface area contributed by atoms with Crippen molar-refractivity contribution in [3.63, 3.8) is 0 Å². The number of benzene rings is 1. The first kappa shape index (κ1) is 14.2. The molecule has 0 aliphatic rings. The molecule has 3 N–H and O–H groups in total. The molecule has 0 heterocycles. The van der Waals surface area contributed by atoms with Crippen molar-refractivity contribution in [2.75, 3.05) is 13.6 Å². The van der Waals surface area contributed by atoms with E-state index in [-0.39, 0.29) is 0 Å². The smallest absolute Gasteiger partial charge is 0.0358 e. The molecule has 0 amide bonds. The van der Waals surface area contributed by atoms with Crippen LogP contribution in [-0.4, -0.2) is 13.6 Å². The molecule has 0 saturated heterocycles. The Hall–Kier alpha value is -0.860. The molecule has 0 aliphatic carbocycles. The predicted molar refractivity (Wildman–Crippen MR) is 75.2 cm³/mol. The molecule has 1 aromatic rings. The largest absolute Gasteiger partial charge is 0.330 e. The summed E-state index contributed by atoms with van der Waals surface area (Å²) in [6, 6.07) is 9.29. The number of nitrogens with one attached hydrogen (secondary N) is 1. The summed E-state index contributed by atoms with van der Waals surface area (Å²) in [4.78, 5) is 0. The molecule has 0 saturated carbocycles. The Kier molecular flexibility index (Phi) is 5.66. The highest BCUT2D eigenvalue weighted by Crippen LogP contribution is 2.25. The number of rotatable bonds is 6. The lowest BCUT2D eigenvalue weighted by Gasteiger charge is -2.25. The standard InChI is InChI=1S/C15H26N2/c1-5-12(10-16)15(17-4)14-8-6-13(7-9-14)11(2)3/h6-9,11-12,15,17H,5,10,16H2,1-4H3. The van der Waals surface area contributed by atoms with Crippen LogP contribution in [0.5, 0.6) is 0 Å². The molecule has 0 aliphatic heterocycles. The molecule has 0 radical (unpaired) electrons. The minimum Gasteiger partial charge on any atom is -0.330 e. The Morgan fingerprint density at radius 2 is 1.65 bits per heavy atom. The molecule has 17 heavy (non-hydrogen) atoms. The van der Waals surface area contributed by atoms with E-state index in [2.05, 4.69) is 50.4 Å². The fourth-order valence-electron chi connectivity index (χ4n) is 2.30. The minimum absolute atomic E-state index is 0.367. The first-order valence-electron chi connectivity index (χ1n) is 6.61. The van der Waals surface area contributed by atoms with Gasteiger partial charge >= 0.3 is 0 Å². The van der Waals surface area contributed by atoms with Crippen LogP contribution in [0.3, 0.4) is 0 Å². The maximum absolute atomic E-state index is 5.84. The molecule has 2 nitrogen and oxygen atoms in total. The highest BCUT2D eigenvalue weighted by Gasteiger charge is 2.18. The molecule has 2 unspecified atom stereocenters. The van der Waals surface area contributed by atoms with Gasteiger partial charge in [0.05, 0.1) is 0 Å². The summed E-state index contributed by atoms with van der Waals surface area (Å²) in [5, 5.41) is 3.39. The van der Waals surface area contributed by atoms with Gasteiger partial charge in [0.1, 0.15) is 0 Å². The Balaban J connectivity index is 2.89. The lowest BCUT2D eigenvalue weighted by Crippen LogP contribution is -2.30. The molecular weight excluding hydrogens is 208 g/mol. The van der Waals surface area contributed by atoms with Gasteiger partial charge in [0, 0.05) is 6.04 Å². The average Bonchev–Trinajstić information content (AvgIpc) is 2.36. The van der Waals surface area contributed by atoms with Crippen molar-refractivity contribution in [2.24, 2.45) is 11.7 Å². The number of nitrogens with two attached hydrogens (primary N) is 1. The highest BCUT2D eigenvalue weighted by atomic mass is 14.9. The molecule has 0 fully saturated rings. The molecule has 0 aromatic heterocycles. The summed E-state index contributed by atoms with van der Waals surface area (Å²) in [5.41, 5.74) is 8.57. The molecule has 1 rings (SSSR count). The van der Waals surface area contributed by atoms with Gasteiger partial charge in [0.15, 0.2) is 0 Å². The van der Waals surface area contributed by atoms with Crippen LogP contribution in [0.25, 0.3) is 0 Å². The van der Waals surface area contributed by atoms with Gasteiger partial charge in [-0.15, -0.1) is 0 Å². The number of hydrogen-bond acceptors (Lipinski definition) is 2. The van der Waals surface area contributed by atoms with Crippen molar-refractivity contribution >= 4 is 0 Å². The van der Waals surface area contributed by atoms with Gasteiger partial charge in [-0.1, -0.05) is 51.5 Å². The lowest BCUT2D eigenvalue weighted by molar-refractivity contribution is 0.378. The maximum atomic E-state index is 5.84. The van der Waals surface area contributed by atoms with E-state index in [1.165, 1.54) is 11.1 Å². The summed E-state index contributed by atoms with van der Waals surface area (Å²) >= 11 is 0. The zero-order valence-corrected chi connectivity index (χ0v) is 11.5. The van der Waals surface area contributed by atoms with Crippen LogP contribution in [-0.2, 0) is 0 Å². The fourth-order valence-corrected chi connectivity index (χ4v) is 2.30. The number of hydrogen-bond donors (Lipinski definition) is 2. The van der Waals surface area contributed by atoms with E-state index in [0.29, 0.717) is 17.9 Å². The Morgan fingerprint density at radius 1 is 1.12 bits per heavy atom. The lowest BCUT2D eigenvalue weighted by atomic mass is 9.89. The molecular formula is C15H26N2. The summed E-state index contributed by atoms with van der Waals surface area (Å²) in [6.07, 6.45) is 1.11. The van der Waals surface area contributed by atoms with Crippen molar-refractivity contribution in [1.29, 1.82) is 0 Å². The quantitative estimate of drug-likeness (QED) is 0.794. The Bertz CT molecular complexity index is 312. The third kappa shape index (κ3) is 3.55. The molecule has 1 aromatic carbocycles. The minimum atomic E-state index is 0.367. The van der Waals surface area contributed by atoms with Gasteiger partial charge < -0.3 is 11.1 Å². The molecule has 0 spiro atoms. The predicted octanol–water partition coefficient (Wildman–Crippen LogP) is 3.06. The molecule has 2 atom stereocenters. The second kappa shape index (κ2) is 6.77. The van der Waals surface area contributed by atoms with Crippen LogP contribution in [0.1, 0.15) is 50.3 Å². The summed E-state index contributed by atoms with van der Waals surface area (Å²) in [7, 11) is 2.01. The van der Waals surface area contributed by atoms with Crippen molar-refractivity contribution in [3.8, 4) is 0 Å². The zero-order chi connectivity index (χ0) is 12.8. The van der Waals surface area contributed by atoms with E-state index in [1.54, 1.807) is 0 Å². The first-order valence-corrected chi connectivity index (χ1v) is 6.61. The maximum Gasteiger partial charge on any atom is 0.0358 e. The Labute approximate surface area is 106 Å². The van der Waals surface area contributed by atoms with Crippen LogP contribution in [0.15, 0.2) is 24.3 Å². The van der Waals surface area contributed by atoms with E-state index in [9.17, 15) is 0 Å². The van der Waals surface area contributed by atoms with Crippen LogP contribution in [0.4, 0.5) is 0 Å². The topological polar surface area (TPSA) is 38.0 Å². The van der Waals surface area contributed by atoms with Gasteiger partial charge in [-0.3, -0.25) is 0 Å². The van der Waals surface area contributed by atoms with E-state index in [4.69, 9.17) is 5.73 Å². The van der Waals surface area contributed by atoms with Gasteiger partial charge in [0.25, 0.3) is 0 Å². The van der Waals surface area contributed by atoms with Crippen molar-refractivity contribution < 1.29 is 0 Å². The highest BCUT2D eigenvalue weighted by molar-refractivity contribution is 5.27. The van der Waals surface area contributed by atoms with Crippen molar-refractivity contribution in [1.82, 2.24) is 5.32 Å². The molecule has 0 bridgehead atoms. The SMILES string of the molecule is CCC(CN)C(NC)c1ccc(C(C)C)cc1. The van der Waals surface area contributed by atoms with E-state index >= 15 is 0 Å². The van der Waals surface area contributed by atoms with Crippen molar-refractivity contribution in [2.45, 2.75) is 39.2 Å². The van der Waals surface area contributed by atoms with E-state index in [1.807, 2.05) is 7.05 Å². The van der Waals surface area contributed by atoms with Gasteiger partial charge in [-0.2, -0.15) is 0 Å². The average molecular weight is 234 g/mol. The van der Waals surface area contributed by atoms with Crippen molar-refractivity contribution in [3.05, 3.63) is 35.4 Å². The third-order valence-corrected chi connectivity index (χ3v) is 3.57. The molecule has 2 heteroatoms. The van der Waals surface area contributed by atoms with Gasteiger partial charge in [-0.25, -0.2) is 0 Å². The van der Waals surface area contributed by atoms with Gasteiger partial charge in [0.2, 0.25) is 0 Å². The van der Waals surface area contributed by atoms with E-state index in [0.717, 1.165) is 13.0 Å². The van der Waals surface area contributed by atoms with Crippen LogP contribution in [0.2, 0.25) is 0 Å². The normalized spacial score (nSPS) is 14.9. The fraction of sp³-hybridized carbons (Fsp3) is 0.600. The zero-order valence-electron chi connectivity index (χ0n) is 11.5. The summed E-state index contributed by atoms with van der Waals surface area (Å²) < 4.78 is 0. The van der Waals surface area contributed by atoms with Crippen LogP contribution < -0.4 is 11.1 Å². The van der Waals surface area contributed by atoms with E-state index < -0.39 is 0 Å². The summed E-state index contributed by atoms with van der Waals surface area (Å²) in [5.74, 6) is 1.10. The van der Waals surface area contributed by atoms with Gasteiger partial charge in [-0.05, 0) is 36.6 Å². The van der Waals surface area contributed by atoms with Crippen LogP contribution >= 0.6 is 0 Å². The van der Waals surface area contributed by atoms with Crippen LogP contribution in [0, 0.1) is 5.92 Å². The molecule has 96 valence electrons. The Morgan fingerprint density at radius 3 is 2.00 bits per heavy atom. The monoisotopic (exact) mass is 234 g/mol. The second-order valence-electron chi connectivity index (χ2n) is 4.99. The summed E-state index contributed by atoms with van der Waals surface area (Å²) in [6.45, 7) is 7.37.